The van der Waals surface area contributed by atoms with Gasteiger partial charge < -0.3 is 48.9 Å². The first-order valence-electron chi connectivity index (χ1n) is 8.95. The van der Waals surface area contributed by atoms with Crippen LogP contribution in [0.4, 0.5) is 0 Å². The maximum absolute atomic E-state index is 12.5. The minimum atomic E-state index is -1.70. The lowest BCUT2D eigenvalue weighted by atomic mass is 10.0. The number of rotatable bonds is 2. The van der Waals surface area contributed by atoms with E-state index in [0.29, 0.717) is 0 Å². The van der Waals surface area contributed by atoms with Crippen molar-refractivity contribution in [2.75, 3.05) is 6.61 Å². The minimum Gasteiger partial charge on any atom is -0.504 e. The van der Waals surface area contributed by atoms with Gasteiger partial charge >= 0.3 is 11.3 Å². The zero-order valence-corrected chi connectivity index (χ0v) is 15.3. The first-order valence-corrected chi connectivity index (χ1v) is 8.95. The lowest BCUT2D eigenvalue weighted by molar-refractivity contribution is -0.242. The number of hydrogen-bond acceptors (Lipinski definition) is 12. The van der Waals surface area contributed by atoms with Gasteiger partial charge in [-0.25, -0.2) is 9.59 Å². The number of hydrogen-bond donors (Lipinski definition) is 6. The second-order valence-corrected chi connectivity index (χ2v) is 7.12. The summed E-state index contributed by atoms with van der Waals surface area (Å²) in [7, 11) is 0. The first kappa shape index (κ1) is 19.4. The van der Waals surface area contributed by atoms with Crippen LogP contribution in [0.1, 0.15) is 0 Å². The second-order valence-electron chi connectivity index (χ2n) is 7.12. The average molecular weight is 434 g/mol. The van der Waals surface area contributed by atoms with Crippen LogP contribution in [0.3, 0.4) is 0 Å². The first-order chi connectivity index (χ1) is 14.7. The smallest absolute Gasteiger partial charge is 0.344 e. The molecule has 0 spiro atoms. The molecule has 31 heavy (non-hydrogen) atoms. The molecular formula is C19H14O12. The molecule has 1 aliphatic rings. The van der Waals surface area contributed by atoms with Crippen molar-refractivity contribution in [3.8, 4) is 23.0 Å². The number of aromatic hydroxyl groups is 3. The Hall–Kier alpha value is -3.58. The topological polar surface area (TPSA) is 200 Å². The molecular weight excluding hydrogens is 420 g/mol. The quantitative estimate of drug-likeness (QED) is 0.133. The largest absolute Gasteiger partial charge is 0.504 e. The van der Waals surface area contributed by atoms with Crippen molar-refractivity contribution in [1.82, 2.24) is 0 Å². The van der Waals surface area contributed by atoms with Crippen LogP contribution in [0, 0.1) is 0 Å². The average Bonchev–Trinajstić information content (AvgIpc) is 2.73. The molecule has 0 aliphatic carbocycles. The summed E-state index contributed by atoms with van der Waals surface area (Å²) in [6, 6.07) is 1.97. The highest BCUT2D eigenvalue weighted by Crippen LogP contribution is 2.45. The maximum atomic E-state index is 12.5. The summed E-state index contributed by atoms with van der Waals surface area (Å²) >= 11 is 0. The van der Waals surface area contributed by atoms with Gasteiger partial charge in [-0.15, -0.1) is 0 Å². The summed E-state index contributed by atoms with van der Waals surface area (Å²) in [5.41, 5.74) is -2.97. The molecule has 1 saturated heterocycles. The standard InChI is InChI=1S/C19H14O12/c20-6-1-4-9-10-5(18(27)30-15(9)12(6)23)2-8(13(24)16(10)31-17(4)26)29-19-14(25)11(22)7(21)3-28-19/h1-2,7,11,14,19-25H,3H2/t7-,11+,14+,19+/m0/s1. The third-order valence-corrected chi connectivity index (χ3v) is 5.23. The molecule has 0 saturated carbocycles. The molecule has 6 N–H and O–H groups in total. The van der Waals surface area contributed by atoms with E-state index in [0.717, 1.165) is 12.1 Å². The number of aliphatic hydroxyl groups is 3. The molecule has 162 valence electrons. The Morgan fingerprint density at radius 2 is 1.42 bits per heavy atom. The molecule has 1 aliphatic heterocycles. The summed E-state index contributed by atoms with van der Waals surface area (Å²) in [4.78, 5) is 25.0. The molecule has 3 heterocycles. The van der Waals surface area contributed by atoms with E-state index in [1.54, 1.807) is 0 Å². The van der Waals surface area contributed by atoms with E-state index < -0.39 is 70.0 Å². The molecule has 1 fully saturated rings. The van der Waals surface area contributed by atoms with Crippen LogP contribution in [-0.2, 0) is 4.74 Å². The van der Waals surface area contributed by atoms with Crippen molar-refractivity contribution < 1.29 is 48.9 Å². The van der Waals surface area contributed by atoms with E-state index in [1.807, 2.05) is 0 Å². The van der Waals surface area contributed by atoms with Gasteiger partial charge in [0.25, 0.3) is 0 Å². The van der Waals surface area contributed by atoms with Crippen molar-refractivity contribution in [3.05, 3.63) is 33.0 Å². The monoisotopic (exact) mass is 434 g/mol. The third-order valence-electron chi connectivity index (χ3n) is 5.23. The summed E-state index contributed by atoms with van der Waals surface area (Å²) in [6.45, 7) is -0.377. The van der Waals surface area contributed by atoms with Crippen LogP contribution in [0.25, 0.3) is 32.7 Å². The Bertz CT molecular complexity index is 1450. The fourth-order valence-corrected chi connectivity index (χ4v) is 3.67. The fourth-order valence-electron chi connectivity index (χ4n) is 3.67. The van der Waals surface area contributed by atoms with Gasteiger partial charge in [0.05, 0.1) is 17.4 Å². The molecule has 0 unspecified atom stereocenters. The summed E-state index contributed by atoms with van der Waals surface area (Å²) < 4.78 is 20.7. The van der Waals surface area contributed by atoms with E-state index in [9.17, 15) is 40.2 Å². The van der Waals surface area contributed by atoms with Gasteiger partial charge in [0.1, 0.15) is 18.3 Å². The predicted molar refractivity (Wildman–Crippen MR) is 101 cm³/mol. The summed E-state index contributed by atoms with van der Waals surface area (Å²) in [6.07, 6.45) is -6.18. The molecule has 0 amide bonds. The van der Waals surface area contributed by atoms with Gasteiger partial charge in [-0.3, -0.25) is 0 Å². The molecule has 2 aromatic heterocycles. The summed E-state index contributed by atoms with van der Waals surface area (Å²) in [5.74, 6) is -2.66. The third kappa shape index (κ3) is 2.63. The highest BCUT2D eigenvalue weighted by Gasteiger charge is 2.39. The van der Waals surface area contributed by atoms with Crippen molar-refractivity contribution in [2.45, 2.75) is 24.6 Å². The SMILES string of the molecule is O=c1oc2c(O)c(O[C@H]3OC[C@H](O)[C@@H](O)[C@H]3O)cc3c(=O)oc4c(O)c(O)cc1c4c23. The number of phenols is 3. The molecule has 0 bridgehead atoms. The highest BCUT2D eigenvalue weighted by molar-refractivity contribution is 6.22. The summed E-state index contributed by atoms with van der Waals surface area (Å²) in [5, 5.41) is 59.4. The Balaban J connectivity index is 1.78. The molecule has 12 heteroatoms. The van der Waals surface area contributed by atoms with E-state index in [4.69, 9.17) is 18.3 Å². The lowest BCUT2D eigenvalue weighted by Crippen LogP contribution is -2.54. The van der Waals surface area contributed by atoms with Gasteiger partial charge in [0, 0.05) is 10.8 Å². The predicted octanol–water partition coefficient (Wildman–Crippen LogP) is -0.575. The van der Waals surface area contributed by atoms with Gasteiger partial charge in [-0.1, -0.05) is 0 Å². The molecule has 5 rings (SSSR count). The van der Waals surface area contributed by atoms with Crippen molar-refractivity contribution in [1.29, 1.82) is 0 Å². The Morgan fingerprint density at radius 1 is 0.839 bits per heavy atom. The van der Waals surface area contributed by atoms with Gasteiger partial charge in [-0.05, 0) is 12.1 Å². The number of aliphatic hydroxyl groups excluding tert-OH is 3. The number of ether oxygens (including phenoxy) is 2. The molecule has 0 radical (unpaired) electrons. The van der Waals surface area contributed by atoms with Crippen LogP contribution >= 0.6 is 0 Å². The van der Waals surface area contributed by atoms with Crippen LogP contribution in [0.5, 0.6) is 23.0 Å². The normalized spacial score (nSPS) is 24.4. The van der Waals surface area contributed by atoms with E-state index in [-0.39, 0.29) is 28.2 Å². The Morgan fingerprint density at radius 3 is 2.06 bits per heavy atom. The zero-order chi connectivity index (χ0) is 22.2. The Kier molecular flexibility index (Phi) is 4.04. The van der Waals surface area contributed by atoms with Crippen LogP contribution in [0.15, 0.2) is 30.6 Å². The van der Waals surface area contributed by atoms with Crippen LogP contribution in [-0.4, -0.2) is 61.8 Å². The van der Waals surface area contributed by atoms with Crippen molar-refractivity contribution >= 4 is 32.7 Å². The molecule has 4 atom stereocenters. The highest BCUT2D eigenvalue weighted by atomic mass is 16.7. The molecule has 12 nitrogen and oxygen atoms in total. The van der Waals surface area contributed by atoms with Gasteiger partial charge in [0.2, 0.25) is 17.8 Å². The fraction of sp³-hybridized carbons (Fsp3) is 0.263. The van der Waals surface area contributed by atoms with Gasteiger partial charge in [-0.2, -0.15) is 0 Å². The van der Waals surface area contributed by atoms with Crippen LogP contribution in [0.2, 0.25) is 0 Å². The van der Waals surface area contributed by atoms with E-state index in [2.05, 4.69) is 0 Å². The minimum absolute atomic E-state index is 0.0644. The Labute approximate surface area is 169 Å². The molecule has 2 aromatic carbocycles. The number of benzene rings is 2. The van der Waals surface area contributed by atoms with Crippen molar-refractivity contribution in [3.63, 3.8) is 0 Å². The van der Waals surface area contributed by atoms with Gasteiger partial charge in [0.15, 0.2) is 22.7 Å². The van der Waals surface area contributed by atoms with Crippen molar-refractivity contribution in [2.24, 2.45) is 0 Å². The van der Waals surface area contributed by atoms with E-state index >= 15 is 0 Å². The number of phenolic OH excluding ortho intramolecular Hbond substituents is 3. The zero-order valence-electron chi connectivity index (χ0n) is 15.3. The maximum Gasteiger partial charge on any atom is 0.344 e. The molecule has 4 aromatic rings. The second kappa shape index (κ2) is 6.46. The lowest BCUT2D eigenvalue weighted by Gasteiger charge is -2.35. The van der Waals surface area contributed by atoms with Crippen LogP contribution < -0.4 is 16.0 Å². The van der Waals surface area contributed by atoms with E-state index in [1.165, 1.54) is 0 Å².